The Morgan fingerprint density at radius 1 is 1.12 bits per heavy atom. The molecule has 0 saturated heterocycles. The van der Waals surface area contributed by atoms with Crippen LogP contribution >= 0.6 is 0 Å². The van der Waals surface area contributed by atoms with Gasteiger partial charge in [-0.3, -0.25) is 9.59 Å². The zero-order valence-corrected chi connectivity index (χ0v) is 14.4. The second-order valence-electron chi connectivity index (χ2n) is 5.43. The Morgan fingerprint density at radius 2 is 1.75 bits per heavy atom. The number of rotatable bonds is 8. The Kier molecular flexibility index (Phi) is 7.74. The summed E-state index contributed by atoms with van der Waals surface area (Å²) in [6.07, 6.45) is 0. The molecule has 0 fully saturated rings. The molecule has 2 N–H and O–H groups in total. The number of carbonyl (C=O) groups excluding carboxylic acids is 3. The van der Waals surface area contributed by atoms with Crippen LogP contribution < -0.4 is 15.4 Å². The SMILES string of the molecule is CCOc1ccc(C(=O)N[C@H](C(=O)OCC(=O)NC)C(C)C)cc1. The van der Waals surface area contributed by atoms with E-state index in [1.807, 2.05) is 6.92 Å². The summed E-state index contributed by atoms with van der Waals surface area (Å²) in [5.74, 6) is -0.974. The number of amides is 2. The maximum atomic E-state index is 12.3. The number of ether oxygens (including phenoxy) is 2. The molecule has 0 radical (unpaired) electrons. The predicted molar refractivity (Wildman–Crippen MR) is 88.7 cm³/mol. The van der Waals surface area contributed by atoms with E-state index in [-0.39, 0.29) is 12.5 Å². The summed E-state index contributed by atoms with van der Waals surface area (Å²) in [7, 11) is 1.45. The minimum Gasteiger partial charge on any atom is -0.494 e. The Hall–Kier alpha value is -2.57. The van der Waals surface area contributed by atoms with Gasteiger partial charge in [0.15, 0.2) is 6.61 Å². The van der Waals surface area contributed by atoms with Crippen LogP contribution in [-0.4, -0.2) is 44.1 Å². The quantitative estimate of drug-likeness (QED) is 0.694. The van der Waals surface area contributed by atoms with Crippen molar-refractivity contribution in [3.63, 3.8) is 0 Å². The first kappa shape index (κ1) is 19.5. The van der Waals surface area contributed by atoms with Gasteiger partial charge in [-0.25, -0.2) is 4.79 Å². The van der Waals surface area contributed by atoms with Gasteiger partial charge in [-0.05, 0) is 37.1 Å². The first-order valence-corrected chi connectivity index (χ1v) is 7.80. The van der Waals surface area contributed by atoms with Gasteiger partial charge < -0.3 is 20.1 Å². The Labute approximate surface area is 141 Å². The average molecular weight is 336 g/mol. The summed E-state index contributed by atoms with van der Waals surface area (Å²) in [6, 6.07) is 5.77. The lowest BCUT2D eigenvalue weighted by molar-refractivity contribution is -0.151. The molecule has 7 nitrogen and oxygen atoms in total. The largest absolute Gasteiger partial charge is 0.494 e. The van der Waals surface area contributed by atoms with Crippen molar-refractivity contribution < 1.29 is 23.9 Å². The molecule has 2 amide bonds. The highest BCUT2D eigenvalue weighted by Crippen LogP contribution is 2.13. The van der Waals surface area contributed by atoms with E-state index >= 15 is 0 Å². The zero-order valence-electron chi connectivity index (χ0n) is 14.4. The smallest absolute Gasteiger partial charge is 0.329 e. The molecule has 7 heteroatoms. The monoisotopic (exact) mass is 336 g/mol. The number of benzene rings is 1. The molecule has 0 aliphatic heterocycles. The van der Waals surface area contributed by atoms with Crippen molar-refractivity contribution in [1.82, 2.24) is 10.6 Å². The number of hydrogen-bond acceptors (Lipinski definition) is 5. The van der Waals surface area contributed by atoms with Crippen LogP contribution in [0.1, 0.15) is 31.1 Å². The van der Waals surface area contributed by atoms with Crippen molar-refractivity contribution in [3.8, 4) is 5.75 Å². The lowest BCUT2D eigenvalue weighted by Crippen LogP contribution is -2.46. The standard InChI is InChI=1S/C17H24N2O5/c1-5-23-13-8-6-12(7-9-13)16(21)19-15(11(2)3)17(22)24-10-14(20)18-4/h6-9,11,15H,5,10H2,1-4H3,(H,18,20)(H,19,21)/t15-/m0/s1. The third-order valence-electron chi connectivity index (χ3n) is 3.26. The molecule has 0 unspecified atom stereocenters. The van der Waals surface area contributed by atoms with Gasteiger partial charge in [0, 0.05) is 12.6 Å². The van der Waals surface area contributed by atoms with Crippen LogP contribution in [0, 0.1) is 5.92 Å². The van der Waals surface area contributed by atoms with Crippen molar-refractivity contribution in [2.24, 2.45) is 5.92 Å². The van der Waals surface area contributed by atoms with Gasteiger partial charge in [-0.15, -0.1) is 0 Å². The maximum Gasteiger partial charge on any atom is 0.329 e. The van der Waals surface area contributed by atoms with Gasteiger partial charge in [0.05, 0.1) is 6.61 Å². The van der Waals surface area contributed by atoms with Crippen LogP contribution in [0.3, 0.4) is 0 Å². The second kappa shape index (κ2) is 9.54. The molecule has 0 spiro atoms. The van der Waals surface area contributed by atoms with Gasteiger partial charge in [0.1, 0.15) is 11.8 Å². The molecular formula is C17H24N2O5. The summed E-state index contributed by atoms with van der Waals surface area (Å²) in [6.45, 7) is 5.60. The van der Waals surface area contributed by atoms with E-state index in [0.717, 1.165) is 0 Å². The van der Waals surface area contributed by atoms with Crippen LogP contribution in [0.15, 0.2) is 24.3 Å². The minimum atomic E-state index is -0.839. The third-order valence-corrected chi connectivity index (χ3v) is 3.26. The summed E-state index contributed by atoms with van der Waals surface area (Å²) in [4.78, 5) is 35.5. The van der Waals surface area contributed by atoms with Crippen LogP contribution in [0.25, 0.3) is 0 Å². The highest BCUT2D eigenvalue weighted by molar-refractivity contribution is 5.97. The van der Waals surface area contributed by atoms with Gasteiger partial charge in [0.2, 0.25) is 0 Å². The average Bonchev–Trinajstić information content (AvgIpc) is 2.57. The van der Waals surface area contributed by atoms with Crippen LogP contribution in [0.2, 0.25) is 0 Å². The fraction of sp³-hybridized carbons (Fsp3) is 0.471. The molecule has 0 bridgehead atoms. The van der Waals surface area contributed by atoms with Gasteiger partial charge in [-0.2, -0.15) is 0 Å². The molecule has 0 heterocycles. The number of carbonyl (C=O) groups is 3. The normalized spacial score (nSPS) is 11.5. The molecule has 132 valence electrons. The second-order valence-corrected chi connectivity index (χ2v) is 5.43. The van der Waals surface area contributed by atoms with Gasteiger partial charge >= 0.3 is 5.97 Å². The fourth-order valence-electron chi connectivity index (χ4n) is 1.89. The van der Waals surface area contributed by atoms with Crippen molar-refractivity contribution in [3.05, 3.63) is 29.8 Å². The molecule has 0 aromatic heterocycles. The van der Waals surface area contributed by atoms with Gasteiger partial charge in [0.25, 0.3) is 11.8 Å². The number of likely N-dealkylation sites (N-methyl/N-ethyl adjacent to an activating group) is 1. The number of hydrogen-bond donors (Lipinski definition) is 2. The van der Waals surface area contributed by atoms with Crippen molar-refractivity contribution in [2.75, 3.05) is 20.3 Å². The molecule has 1 aromatic rings. The number of esters is 1. The Balaban J connectivity index is 2.71. The first-order chi connectivity index (χ1) is 11.4. The topological polar surface area (TPSA) is 93.7 Å². The van der Waals surface area contributed by atoms with E-state index < -0.39 is 23.8 Å². The van der Waals surface area contributed by atoms with Crippen molar-refractivity contribution >= 4 is 17.8 Å². The lowest BCUT2D eigenvalue weighted by Gasteiger charge is -2.20. The molecule has 1 rings (SSSR count). The van der Waals surface area contributed by atoms with E-state index in [1.165, 1.54) is 7.05 Å². The third kappa shape index (κ3) is 5.91. The van der Waals surface area contributed by atoms with E-state index in [4.69, 9.17) is 9.47 Å². The van der Waals surface area contributed by atoms with E-state index in [1.54, 1.807) is 38.1 Å². The lowest BCUT2D eigenvalue weighted by atomic mass is 10.0. The molecule has 24 heavy (non-hydrogen) atoms. The molecular weight excluding hydrogens is 312 g/mol. The summed E-state index contributed by atoms with van der Waals surface area (Å²) < 4.78 is 10.2. The molecule has 0 saturated carbocycles. The van der Waals surface area contributed by atoms with Crippen LogP contribution in [-0.2, 0) is 14.3 Å². The van der Waals surface area contributed by atoms with Crippen LogP contribution in [0.5, 0.6) is 5.75 Å². The van der Waals surface area contributed by atoms with Crippen molar-refractivity contribution in [2.45, 2.75) is 26.8 Å². The molecule has 0 aliphatic rings. The highest BCUT2D eigenvalue weighted by atomic mass is 16.5. The number of nitrogens with one attached hydrogen (secondary N) is 2. The molecule has 1 aromatic carbocycles. The highest BCUT2D eigenvalue weighted by Gasteiger charge is 2.26. The van der Waals surface area contributed by atoms with Gasteiger partial charge in [-0.1, -0.05) is 13.8 Å². The van der Waals surface area contributed by atoms with Crippen LogP contribution in [0.4, 0.5) is 0 Å². The summed E-state index contributed by atoms with van der Waals surface area (Å²) in [5, 5.41) is 5.00. The summed E-state index contributed by atoms with van der Waals surface area (Å²) >= 11 is 0. The van der Waals surface area contributed by atoms with Crippen molar-refractivity contribution in [1.29, 1.82) is 0 Å². The molecule has 1 atom stereocenters. The Morgan fingerprint density at radius 3 is 2.25 bits per heavy atom. The molecule has 0 aliphatic carbocycles. The minimum absolute atomic E-state index is 0.186. The summed E-state index contributed by atoms with van der Waals surface area (Å²) in [5.41, 5.74) is 0.406. The van der Waals surface area contributed by atoms with E-state index in [2.05, 4.69) is 10.6 Å². The Bertz CT molecular complexity index is 569. The van der Waals surface area contributed by atoms with E-state index in [0.29, 0.717) is 17.9 Å². The fourth-order valence-corrected chi connectivity index (χ4v) is 1.89. The maximum absolute atomic E-state index is 12.3. The first-order valence-electron chi connectivity index (χ1n) is 7.80. The predicted octanol–water partition coefficient (Wildman–Crippen LogP) is 1.13. The zero-order chi connectivity index (χ0) is 18.1. The van der Waals surface area contributed by atoms with E-state index in [9.17, 15) is 14.4 Å².